The molecule has 0 unspecified atom stereocenters. The summed E-state index contributed by atoms with van der Waals surface area (Å²) in [5.74, 6) is 1.80. The third-order valence-corrected chi connectivity index (χ3v) is 4.55. The summed E-state index contributed by atoms with van der Waals surface area (Å²) in [5, 5.41) is 7.47. The number of amides is 1. The second-order valence-corrected chi connectivity index (χ2v) is 6.30. The lowest BCUT2D eigenvalue weighted by atomic mass is 10.1. The van der Waals surface area contributed by atoms with Crippen molar-refractivity contribution in [3.63, 3.8) is 0 Å². The number of benzene rings is 1. The Morgan fingerprint density at radius 3 is 3.25 bits per heavy atom. The number of fused-ring (bicyclic) bond motifs is 2. The number of carbonyl (C=O) groups excluding carboxylic acids is 1. The quantitative estimate of drug-likeness (QED) is 0.690. The van der Waals surface area contributed by atoms with Gasteiger partial charge in [0.15, 0.2) is 0 Å². The van der Waals surface area contributed by atoms with Gasteiger partial charge in [-0.15, -0.1) is 0 Å². The molecule has 0 bridgehead atoms. The Balaban J connectivity index is 1.43. The summed E-state index contributed by atoms with van der Waals surface area (Å²) in [6.45, 7) is 4.58. The van der Waals surface area contributed by atoms with Crippen molar-refractivity contribution in [2.75, 3.05) is 11.9 Å². The van der Waals surface area contributed by atoms with E-state index in [-0.39, 0.29) is 5.91 Å². The largest absolute Gasteiger partial charge is 0.361 e. The summed E-state index contributed by atoms with van der Waals surface area (Å²) < 4.78 is 2.07. The zero-order valence-electron chi connectivity index (χ0n) is 13.7. The van der Waals surface area contributed by atoms with Crippen LogP contribution in [0.2, 0.25) is 0 Å². The van der Waals surface area contributed by atoms with Crippen molar-refractivity contribution in [1.29, 1.82) is 0 Å². The maximum atomic E-state index is 12.3. The van der Waals surface area contributed by atoms with E-state index in [1.807, 2.05) is 6.20 Å². The molecule has 3 aromatic rings. The SMILES string of the molecule is Cc1ccc2[nH]cc(CCC(=O)Nc3cnc4n3CCNC4)c2c1. The minimum absolute atomic E-state index is 0.0261. The van der Waals surface area contributed by atoms with Gasteiger partial charge in [0.2, 0.25) is 5.91 Å². The van der Waals surface area contributed by atoms with Gasteiger partial charge in [-0.3, -0.25) is 4.79 Å². The van der Waals surface area contributed by atoms with Crippen LogP contribution in [0.5, 0.6) is 0 Å². The van der Waals surface area contributed by atoms with E-state index in [1.165, 1.54) is 16.5 Å². The first kappa shape index (κ1) is 15.0. The molecular formula is C18H21N5O. The first-order valence-electron chi connectivity index (χ1n) is 8.32. The molecule has 0 radical (unpaired) electrons. The van der Waals surface area contributed by atoms with Gasteiger partial charge in [0.05, 0.1) is 12.7 Å². The van der Waals surface area contributed by atoms with E-state index in [0.29, 0.717) is 6.42 Å². The Kier molecular flexibility index (Phi) is 3.82. The van der Waals surface area contributed by atoms with Gasteiger partial charge < -0.3 is 20.2 Å². The van der Waals surface area contributed by atoms with E-state index in [2.05, 4.69) is 50.3 Å². The molecule has 3 heterocycles. The van der Waals surface area contributed by atoms with Crippen molar-refractivity contribution in [3.05, 3.63) is 47.5 Å². The monoisotopic (exact) mass is 323 g/mol. The number of aromatic nitrogens is 3. The molecule has 24 heavy (non-hydrogen) atoms. The first-order chi connectivity index (χ1) is 11.7. The number of nitrogens with one attached hydrogen (secondary N) is 3. The van der Waals surface area contributed by atoms with Crippen LogP contribution in [0.3, 0.4) is 0 Å². The molecule has 1 aliphatic rings. The minimum atomic E-state index is 0.0261. The third kappa shape index (κ3) is 2.80. The number of rotatable bonds is 4. The van der Waals surface area contributed by atoms with Gasteiger partial charge in [-0.05, 0) is 31.0 Å². The smallest absolute Gasteiger partial charge is 0.225 e. The summed E-state index contributed by atoms with van der Waals surface area (Å²) in [6, 6.07) is 6.34. The lowest BCUT2D eigenvalue weighted by Crippen LogP contribution is -2.29. The van der Waals surface area contributed by atoms with Gasteiger partial charge in [-0.1, -0.05) is 11.6 Å². The first-order valence-corrected chi connectivity index (χ1v) is 8.32. The fraction of sp³-hybridized carbons (Fsp3) is 0.333. The van der Waals surface area contributed by atoms with Crippen LogP contribution in [0.1, 0.15) is 23.4 Å². The molecule has 0 fully saturated rings. The molecule has 0 saturated carbocycles. The molecule has 3 N–H and O–H groups in total. The number of nitrogens with zero attached hydrogens (tertiary/aromatic N) is 2. The van der Waals surface area contributed by atoms with E-state index >= 15 is 0 Å². The molecule has 1 amide bonds. The minimum Gasteiger partial charge on any atom is -0.361 e. The van der Waals surface area contributed by atoms with Gasteiger partial charge in [-0.2, -0.15) is 0 Å². The second kappa shape index (κ2) is 6.13. The molecule has 0 saturated heterocycles. The summed E-state index contributed by atoms with van der Waals surface area (Å²) >= 11 is 0. The molecule has 4 rings (SSSR count). The Morgan fingerprint density at radius 2 is 2.33 bits per heavy atom. The number of imidazole rings is 1. The van der Waals surface area contributed by atoms with Gasteiger partial charge in [0.25, 0.3) is 0 Å². The lowest BCUT2D eigenvalue weighted by molar-refractivity contribution is -0.116. The van der Waals surface area contributed by atoms with Crippen LogP contribution in [0.15, 0.2) is 30.6 Å². The molecule has 6 heteroatoms. The van der Waals surface area contributed by atoms with Crippen molar-refractivity contribution in [2.45, 2.75) is 32.9 Å². The molecule has 1 aromatic carbocycles. The standard InChI is InChI=1S/C18H21N5O/c1-12-2-4-15-14(8-12)13(9-20-15)3-5-18(24)22-17-11-21-16-10-19-6-7-23(16)17/h2,4,8-9,11,19-20H,3,5-7,10H2,1H3,(H,22,24). The Labute approximate surface area is 140 Å². The van der Waals surface area contributed by atoms with Gasteiger partial charge in [-0.25, -0.2) is 4.98 Å². The van der Waals surface area contributed by atoms with Crippen LogP contribution in [0.25, 0.3) is 10.9 Å². The maximum absolute atomic E-state index is 12.3. The van der Waals surface area contributed by atoms with Gasteiger partial charge in [0, 0.05) is 36.6 Å². The molecule has 124 valence electrons. The molecule has 0 spiro atoms. The predicted molar refractivity (Wildman–Crippen MR) is 93.9 cm³/mol. The van der Waals surface area contributed by atoms with Crippen LogP contribution in [0, 0.1) is 6.92 Å². The summed E-state index contributed by atoms with van der Waals surface area (Å²) in [6.07, 6.45) is 4.93. The van der Waals surface area contributed by atoms with Gasteiger partial charge in [0.1, 0.15) is 11.6 Å². The predicted octanol–water partition coefficient (Wildman–Crippen LogP) is 2.35. The Bertz CT molecular complexity index is 892. The van der Waals surface area contributed by atoms with Crippen LogP contribution in [0.4, 0.5) is 5.82 Å². The van der Waals surface area contributed by atoms with E-state index < -0.39 is 0 Å². The highest BCUT2D eigenvalue weighted by molar-refractivity contribution is 5.91. The fourth-order valence-corrected chi connectivity index (χ4v) is 3.25. The van der Waals surface area contributed by atoms with Crippen molar-refractivity contribution in [2.24, 2.45) is 0 Å². The zero-order chi connectivity index (χ0) is 16.5. The van der Waals surface area contributed by atoms with E-state index in [1.54, 1.807) is 6.20 Å². The van der Waals surface area contributed by atoms with Crippen LogP contribution < -0.4 is 10.6 Å². The van der Waals surface area contributed by atoms with Crippen molar-refractivity contribution >= 4 is 22.6 Å². The summed E-state index contributed by atoms with van der Waals surface area (Å²) in [5.41, 5.74) is 3.53. The molecule has 1 aliphatic heterocycles. The number of carbonyl (C=O) groups is 1. The van der Waals surface area contributed by atoms with Crippen molar-refractivity contribution < 1.29 is 4.79 Å². The second-order valence-electron chi connectivity index (χ2n) is 6.30. The summed E-state index contributed by atoms with van der Waals surface area (Å²) in [4.78, 5) is 19.9. The van der Waals surface area contributed by atoms with E-state index in [4.69, 9.17) is 0 Å². The highest BCUT2D eigenvalue weighted by atomic mass is 16.1. The normalized spacial score (nSPS) is 13.9. The topological polar surface area (TPSA) is 74.7 Å². The van der Waals surface area contributed by atoms with E-state index in [9.17, 15) is 4.79 Å². The molecule has 0 atom stereocenters. The highest BCUT2D eigenvalue weighted by Crippen LogP contribution is 2.21. The Morgan fingerprint density at radius 1 is 1.42 bits per heavy atom. The number of hydrogen-bond acceptors (Lipinski definition) is 3. The number of anilines is 1. The number of hydrogen-bond donors (Lipinski definition) is 3. The molecule has 6 nitrogen and oxygen atoms in total. The zero-order valence-corrected chi connectivity index (χ0v) is 13.7. The highest BCUT2D eigenvalue weighted by Gasteiger charge is 2.15. The summed E-state index contributed by atoms with van der Waals surface area (Å²) in [7, 11) is 0. The average molecular weight is 323 g/mol. The number of H-pyrrole nitrogens is 1. The van der Waals surface area contributed by atoms with E-state index in [0.717, 1.165) is 43.2 Å². The third-order valence-electron chi connectivity index (χ3n) is 4.55. The molecule has 0 aliphatic carbocycles. The number of aromatic amines is 1. The molecule has 2 aromatic heterocycles. The Hall–Kier alpha value is -2.60. The lowest BCUT2D eigenvalue weighted by Gasteiger charge is -2.17. The van der Waals surface area contributed by atoms with Crippen LogP contribution in [-0.4, -0.2) is 27.0 Å². The van der Waals surface area contributed by atoms with Crippen molar-refractivity contribution in [3.8, 4) is 0 Å². The van der Waals surface area contributed by atoms with Crippen LogP contribution >= 0.6 is 0 Å². The van der Waals surface area contributed by atoms with Gasteiger partial charge >= 0.3 is 0 Å². The van der Waals surface area contributed by atoms with Crippen molar-refractivity contribution in [1.82, 2.24) is 19.9 Å². The average Bonchev–Trinajstić information content (AvgIpc) is 3.17. The maximum Gasteiger partial charge on any atom is 0.225 e. The molecular weight excluding hydrogens is 302 g/mol. The fourth-order valence-electron chi connectivity index (χ4n) is 3.25. The number of aryl methyl sites for hydroxylation is 2. The van der Waals surface area contributed by atoms with Crippen LogP contribution in [-0.2, 0) is 24.3 Å².